The van der Waals surface area contributed by atoms with E-state index in [-0.39, 0.29) is 10.0 Å². The number of azide groups is 1. The topological polar surface area (TPSA) is 82.9 Å². The molecule has 1 aromatic carbocycles. The van der Waals surface area contributed by atoms with Crippen LogP contribution in [0.1, 0.15) is 31.1 Å². The Labute approximate surface area is 118 Å². The van der Waals surface area contributed by atoms with Crippen molar-refractivity contribution in [2.75, 3.05) is 0 Å². The molecule has 0 atom stereocenters. The zero-order valence-corrected chi connectivity index (χ0v) is 11.8. The Morgan fingerprint density at radius 1 is 1.25 bits per heavy atom. The van der Waals surface area contributed by atoms with Gasteiger partial charge in [0.1, 0.15) is 11.6 Å². The van der Waals surface area contributed by atoms with Crippen LogP contribution >= 0.6 is 11.8 Å². The number of thioether (sulfide) groups is 1. The molecule has 1 aromatic rings. The van der Waals surface area contributed by atoms with Crippen molar-refractivity contribution in [2.24, 2.45) is 10.5 Å². The summed E-state index contributed by atoms with van der Waals surface area (Å²) in [6.45, 7) is 4.95. The van der Waals surface area contributed by atoms with Gasteiger partial charge in [-0.3, -0.25) is 9.59 Å². The molecule has 0 aromatic heterocycles. The summed E-state index contributed by atoms with van der Waals surface area (Å²) in [4.78, 5) is 25.2. The minimum absolute atomic E-state index is 0.192. The lowest BCUT2D eigenvalue weighted by atomic mass is 10.00. The smallest absolute Gasteiger partial charge is 0.252 e. The summed E-state index contributed by atoms with van der Waals surface area (Å²) in [7, 11) is 0. The molecule has 0 aliphatic rings. The van der Waals surface area contributed by atoms with E-state index in [4.69, 9.17) is 5.53 Å². The van der Waals surface area contributed by atoms with Gasteiger partial charge in [0.2, 0.25) is 0 Å². The molecular formula is C12H11F2N3O2S. The Hall–Kier alpha value is -1.92. The summed E-state index contributed by atoms with van der Waals surface area (Å²) in [5.74, 6) is -3.27. The number of nitrogens with zero attached hydrogens (tertiary/aromatic N) is 3. The molecule has 106 valence electrons. The van der Waals surface area contributed by atoms with Crippen LogP contribution in [-0.4, -0.2) is 11.0 Å². The molecular weight excluding hydrogens is 288 g/mol. The monoisotopic (exact) mass is 299 g/mol. The van der Waals surface area contributed by atoms with Crippen LogP contribution in [0.5, 0.6) is 0 Å². The Morgan fingerprint density at radius 3 is 2.35 bits per heavy atom. The Morgan fingerprint density at radius 2 is 1.85 bits per heavy atom. The highest BCUT2D eigenvalue weighted by Gasteiger charge is 2.25. The van der Waals surface area contributed by atoms with Crippen LogP contribution in [-0.2, 0) is 4.79 Å². The third-order valence-electron chi connectivity index (χ3n) is 2.20. The van der Waals surface area contributed by atoms with Gasteiger partial charge in [-0.2, -0.15) is 0 Å². The zero-order chi connectivity index (χ0) is 15.5. The highest BCUT2D eigenvalue weighted by atomic mass is 32.2. The van der Waals surface area contributed by atoms with E-state index in [1.165, 1.54) is 0 Å². The van der Waals surface area contributed by atoms with Crippen LogP contribution in [0.3, 0.4) is 0 Å². The molecule has 1 rings (SSSR count). The normalized spacial score (nSPS) is 10.8. The van der Waals surface area contributed by atoms with Crippen LogP contribution in [0.2, 0.25) is 0 Å². The Bertz CT molecular complexity index is 620. The second kappa shape index (κ2) is 6.02. The van der Waals surface area contributed by atoms with E-state index >= 15 is 0 Å². The molecule has 0 bridgehead atoms. The van der Waals surface area contributed by atoms with Crippen molar-refractivity contribution < 1.29 is 18.4 Å². The quantitative estimate of drug-likeness (QED) is 0.357. The summed E-state index contributed by atoms with van der Waals surface area (Å²) < 4.78 is 27.0. The lowest BCUT2D eigenvalue weighted by Crippen LogP contribution is -2.16. The fraction of sp³-hybridized carbons (Fsp3) is 0.333. The molecule has 0 unspecified atom stereocenters. The highest BCUT2D eigenvalue weighted by Crippen LogP contribution is 2.32. The van der Waals surface area contributed by atoms with E-state index in [2.05, 4.69) is 10.0 Å². The number of halogens is 2. The van der Waals surface area contributed by atoms with Crippen LogP contribution < -0.4 is 0 Å². The molecule has 0 spiro atoms. The SMILES string of the molecule is CC(C)(C)C(=O)Sc1cc(C(=O)N=[N+]=[N-])c(F)cc1F. The molecule has 0 heterocycles. The molecule has 8 heteroatoms. The molecule has 0 aliphatic heterocycles. The van der Waals surface area contributed by atoms with Crippen molar-refractivity contribution in [1.82, 2.24) is 0 Å². The van der Waals surface area contributed by atoms with Crippen LogP contribution in [0.15, 0.2) is 22.1 Å². The van der Waals surface area contributed by atoms with Gasteiger partial charge in [0.25, 0.3) is 5.91 Å². The molecule has 0 saturated heterocycles. The van der Waals surface area contributed by atoms with E-state index in [1.807, 2.05) is 0 Å². The largest absolute Gasteiger partial charge is 0.287 e. The van der Waals surface area contributed by atoms with Gasteiger partial charge >= 0.3 is 0 Å². The molecule has 0 N–H and O–H groups in total. The summed E-state index contributed by atoms with van der Waals surface area (Å²) in [6.07, 6.45) is 0. The van der Waals surface area contributed by atoms with Gasteiger partial charge in [-0.05, 0) is 28.5 Å². The highest BCUT2D eigenvalue weighted by molar-refractivity contribution is 8.13. The number of carbonyl (C=O) groups is 2. The number of benzene rings is 1. The zero-order valence-electron chi connectivity index (χ0n) is 11.0. The fourth-order valence-corrected chi connectivity index (χ4v) is 1.96. The van der Waals surface area contributed by atoms with Gasteiger partial charge < -0.3 is 0 Å². The van der Waals surface area contributed by atoms with E-state index in [0.717, 1.165) is 6.07 Å². The third-order valence-corrected chi connectivity index (χ3v) is 3.53. The molecule has 5 nitrogen and oxygen atoms in total. The van der Waals surface area contributed by atoms with E-state index in [9.17, 15) is 18.4 Å². The van der Waals surface area contributed by atoms with E-state index < -0.39 is 28.5 Å². The van der Waals surface area contributed by atoms with Crippen molar-refractivity contribution in [1.29, 1.82) is 0 Å². The third kappa shape index (κ3) is 3.79. The first kappa shape index (κ1) is 16.1. The van der Waals surface area contributed by atoms with Gasteiger partial charge in [-0.15, -0.1) is 0 Å². The van der Waals surface area contributed by atoms with Gasteiger partial charge in [0, 0.05) is 16.4 Å². The number of rotatable bonds is 2. The first-order chi connectivity index (χ1) is 9.16. The molecule has 0 fully saturated rings. The summed E-state index contributed by atoms with van der Waals surface area (Å²) in [6, 6.07) is 1.36. The summed E-state index contributed by atoms with van der Waals surface area (Å²) >= 11 is 0.568. The van der Waals surface area contributed by atoms with Crippen LogP contribution in [0, 0.1) is 17.0 Å². The Kier molecular flexibility index (Phi) is 4.86. The maximum absolute atomic E-state index is 13.6. The molecule has 0 saturated carbocycles. The lowest BCUT2D eigenvalue weighted by molar-refractivity contribution is -0.117. The van der Waals surface area contributed by atoms with Crippen molar-refractivity contribution in [3.05, 3.63) is 39.8 Å². The van der Waals surface area contributed by atoms with E-state index in [1.54, 1.807) is 20.8 Å². The average Bonchev–Trinajstić information content (AvgIpc) is 2.31. The number of amides is 1. The van der Waals surface area contributed by atoms with Gasteiger partial charge in [-0.25, -0.2) is 8.78 Å². The molecule has 0 radical (unpaired) electrons. The van der Waals surface area contributed by atoms with Crippen LogP contribution in [0.25, 0.3) is 10.4 Å². The predicted octanol–water partition coefficient (Wildman–Crippen LogP) is 4.08. The van der Waals surface area contributed by atoms with Crippen LogP contribution in [0.4, 0.5) is 8.78 Å². The van der Waals surface area contributed by atoms with E-state index in [0.29, 0.717) is 17.8 Å². The van der Waals surface area contributed by atoms with Crippen molar-refractivity contribution in [3.63, 3.8) is 0 Å². The maximum atomic E-state index is 13.6. The maximum Gasteiger partial charge on any atom is 0.252 e. The van der Waals surface area contributed by atoms with Crippen molar-refractivity contribution in [2.45, 2.75) is 25.7 Å². The van der Waals surface area contributed by atoms with Crippen molar-refractivity contribution >= 4 is 22.8 Å². The average molecular weight is 299 g/mol. The fourth-order valence-electron chi connectivity index (χ4n) is 1.12. The first-order valence-electron chi connectivity index (χ1n) is 5.47. The second-order valence-corrected chi connectivity index (χ2v) is 5.91. The lowest BCUT2D eigenvalue weighted by Gasteiger charge is -2.16. The number of hydrogen-bond acceptors (Lipinski definition) is 3. The molecule has 1 amide bonds. The number of carbonyl (C=O) groups excluding carboxylic acids is 2. The number of hydrogen-bond donors (Lipinski definition) is 0. The standard InChI is InChI=1S/C12H11F2N3O2S/c1-12(2,3)11(19)20-9-4-6(10(18)16-17-15)7(13)5-8(9)14/h4-5H,1-3H3. The minimum Gasteiger partial charge on any atom is -0.287 e. The minimum atomic E-state index is -1.17. The summed E-state index contributed by atoms with van der Waals surface area (Å²) in [5.41, 5.74) is 6.85. The van der Waals surface area contributed by atoms with Gasteiger partial charge in [0.15, 0.2) is 5.12 Å². The first-order valence-corrected chi connectivity index (χ1v) is 6.29. The van der Waals surface area contributed by atoms with Crippen molar-refractivity contribution in [3.8, 4) is 0 Å². The second-order valence-electron chi connectivity index (χ2n) is 4.90. The van der Waals surface area contributed by atoms with Gasteiger partial charge in [-0.1, -0.05) is 20.8 Å². The Balaban J connectivity index is 3.22. The molecule has 0 aliphatic carbocycles. The van der Waals surface area contributed by atoms with Gasteiger partial charge in [0.05, 0.1) is 10.5 Å². The predicted molar refractivity (Wildman–Crippen MR) is 70.2 cm³/mol. The molecule has 20 heavy (non-hydrogen) atoms. The summed E-state index contributed by atoms with van der Waals surface area (Å²) in [5, 5.41) is 2.40.